The lowest BCUT2D eigenvalue weighted by molar-refractivity contribution is 0.690. The molecular formula is C12H11N5. The number of para-hydroxylation sites is 1. The zero-order chi connectivity index (χ0) is 11.7. The first kappa shape index (κ1) is 9.77. The van der Waals surface area contributed by atoms with Crippen molar-refractivity contribution >= 4 is 16.9 Å². The molecule has 0 aliphatic rings. The molecule has 2 aromatic heterocycles. The average Bonchev–Trinajstić information content (AvgIpc) is 2.75. The predicted molar refractivity (Wildman–Crippen MR) is 65.3 cm³/mol. The minimum atomic E-state index is 0.295. The van der Waals surface area contributed by atoms with Gasteiger partial charge >= 0.3 is 0 Å². The van der Waals surface area contributed by atoms with Crippen molar-refractivity contribution in [1.82, 2.24) is 19.7 Å². The first-order valence-electron chi connectivity index (χ1n) is 5.30. The van der Waals surface area contributed by atoms with E-state index in [1.807, 2.05) is 24.3 Å². The number of aromatic nitrogens is 4. The molecule has 0 bridgehead atoms. The Morgan fingerprint density at radius 1 is 1.12 bits per heavy atom. The third-order valence-corrected chi connectivity index (χ3v) is 2.63. The van der Waals surface area contributed by atoms with Gasteiger partial charge in [0, 0.05) is 11.6 Å². The van der Waals surface area contributed by atoms with Crippen molar-refractivity contribution in [3.8, 4) is 0 Å². The molecule has 17 heavy (non-hydrogen) atoms. The highest BCUT2D eigenvalue weighted by molar-refractivity contribution is 5.81. The van der Waals surface area contributed by atoms with Crippen LogP contribution in [0.15, 0.2) is 42.9 Å². The maximum atomic E-state index is 5.49. The van der Waals surface area contributed by atoms with Crippen LogP contribution >= 0.6 is 0 Å². The third-order valence-electron chi connectivity index (χ3n) is 2.63. The van der Waals surface area contributed by atoms with Crippen molar-refractivity contribution in [2.24, 2.45) is 0 Å². The van der Waals surface area contributed by atoms with E-state index in [4.69, 9.17) is 5.73 Å². The molecule has 1 aromatic carbocycles. The fourth-order valence-electron chi connectivity index (χ4n) is 1.85. The molecule has 0 amide bonds. The van der Waals surface area contributed by atoms with Gasteiger partial charge in [-0.3, -0.25) is 4.98 Å². The van der Waals surface area contributed by atoms with E-state index in [9.17, 15) is 0 Å². The van der Waals surface area contributed by atoms with E-state index in [2.05, 4.69) is 21.1 Å². The summed E-state index contributed by atoms with van der Waals surface area (Å²) in [5.74, 6) is 0.295. The minimum Gasteiger partial charge on any atom is -0.367 e. The van der Waals surface area contributed by atoms with Crippen LogP contribution in [0.25, 0.3) is 10.9 Å². The normalized spacial score (nSPS) is 10.8. The molecule has 5 nitrogen and oxygen atoms in total. The second kappa shape index (κ2) is 3.86. The summed E-state index contributed by atoms with van der Waals surface area (Å²) in [5.41, 5.74) is 7.63. The smallest absolute Gasteiger partial charge is 0.239 e. The van der Waals surface area contributed by atoms with Crippen molar-refractivity contribution in [3.05, 3.63) is 48.4 Å². The van der Waals surface area contributed by atoms with Crippen LogP contribution in [0, 0.1) is 0 Å². The lowest BCUT2D eigenvalue weighted by Crippen LogP contribution is -2.02. The van der Waals surface area contributed by atoms with E-state index in [1.165, 1.54) is 0 Å². The number of anilines is 1. The van der Waals surface area contributed by atoms with Gasteiger partial charge in [-0.15, -0.1) is 5.10 Å². The molecule has 5 heteroatoms. The quantitative estimate of drug-likeness (QED) is 0.716. The lowest BCUT2D eigenvalue weighted by Gasteiger charge is -2.05. The fourth-order valence-corrected chi connectivity index (χ4v) is 1.85. The van der Waals surface area contributed by atoms with Gasteiger partial charge < -0.3 is 5.73 Å². The highest BCUT2D eigenvalue weighted by Gasteiger charge is 2.03. The Morgan fingerprint density at radius 2 is 2.00 bits per heavy atom. The Kier molecular flexibility index (Phi) is 2.22. The van der Waals surface area contributed by atoms with E-state index < -0.39 is 0 Å². The number of hydrogen-bond acceptors (Lipinski definition) is 4. The Labute approximate surface area is 97.9 Å². The van der Waals surface area contributed by atoms with E-state index >= 15 is 0 Å². The maximum Gasteiger partial charge on any atom is 0.239 e. The summed E-state index contributed by atoms with van der Waals surface area (Å²) in [7, 11) is 0. The molecule has 2 heterocycles. The van der Waals surface area contributed by atoms with Gasteiger partial charge in [-0.05, 0) is 17.7 Å². The van der Waals surface area contributed by atoms with Crippen LogP contribution in [0.2, 0.25) is 0 Å². The molecule has 0 atom stereocenters. The Bertz CT molecular complexity index is 653. The number of pyridine rings is 1. The topological polar surface area (TPSA) is 69.6 Å². The standard InChI is InChI=1S/C12H11N5/c13-12-15-8-17(16-12)7-9-5-6-14-11-4-2-1-3-10(9)11/h1-6,8H,7H2,(H2,13,16). The van der Waals surface area contributed by atoms with Crippen molar-refractivity contribution in [2.75, 3.05) is 5.73 Å². The van der Waals surface area contributed by atoms with Gasteiger partial charge in [-0.1, -0.05) is 18.2 Å². The molecule has 0 fully saturated rings. The molecule has 0 saturated heterocycles. The Morgan fingerprint density at radius 3 is 2.82 bits per heavy atom. The second-order valence-corrected chi connectivity index (χ2v) is 3.79. The number of nitrogen functional groups attached to an aromatic ring is 1. The summed E-state index contributed by atoms with van der Waals surface area (Å²) in [4.78, 5) is 8.23. The van der Waals surface area contributed by atoms with Crippen molar-refractivity contribution in [2.45, 2.75) is 6.54 Å². The molecule has 0 aliphatic carbocycles. The molecule has 0 radical (unpaired) electrons. The first-order chi connectivity index (χ1) is 8.33. The van der Waals surface area contributed by atoms with E-state index in [0.29, 0.717) is 12.5 Å². The van der Waals surface area contributed by atoms with E-state index in [-0.39, 0.29) is 0 Å². The van der Waals surface area contributed by atoms with E-state index in [0.717, 1.165) is 16.5 Å². The van der Waals surface area contributed by atoms with Crippen LogP contribution in [0.5, 0.6) is 0 Å². The summed E-state index contributed by atoms with van der Waals surface area (Å²) < 4.78 is 1.72. The third kappa shape index (κ3) is 1.82. The zero-order valence-corrected chi connectivity index (χ0v) is 9.11. The van der Waals surface area contributed by atoms with Gasteiger partial charge in [0.25, 0.3) is 0 Å². The van der Waals surface area contributed by atoms with Crippen molar-refractivity contribution in [1.29, 1.82) is 0 Å². The highest BCUT2D eigenvalue weighted by atomic mass is 15.4. The Balaban J connectivity index is 2.05. The van der Waals surface area contributed by atoms with Gasteiger partial charge in [-0.2, -0.15) is 0 Å². The highest BCUT2D eigenvalue weighted by Crippen LogP contribution is 2.16. The van der Waals surface area contributed by atoms with Crippen LogP contribution in [0.3, 0.4) is 0 Å². The van der Waals surface area contributed by atoms with Crippen molar-refractivity contribution in [3.63, 3.8) is 0 Å². The van der Waals surface area contributed by atoms with Crippen LogP contribution < -0.4 is 5.73 Å². The molecule has 2 N–H and O–H groups in total. The number of rotatable bonds is 2. The number of nitrogens with two attached hydrogens (primary N) is 1. The van der Waals surface area contributed by atoms with Gasteiger partial charge in [0.15, 0.2) is 0 Å². The van der Waals surface area contributed by atoms with Gasteiger partial charge in [0.05, 0.1) is 12.1 Å². The summed E-state index contributed by atoms with van der Waals surface area (Å²) in [6.45, 7) is 0.646. The van der Waals surface area contributed by atoms with Gasteiger partial charge in [0.1, 0.15) is 6.33 Å². The SMILES string of the molecule is Nc1ncn(Cc2ccnc3ccccc23)n1. The van der Waals surface area contributed by atoms with Crippen LogP contribution in [0.4, 0.5) is 5.95 Å². The number of nitrogens with zero attached hydrogens (tertiary/aromatic N) is 4. The number of fused-ring (bicyclic) bond motifs is 1. The number of hydrogen-bond donors (Lipinski definition) is 1. The minimum absolute atomic E-state index is 0.295. The molecule has 3 aromatic rings. The summed E-state index contributed by atoms with van der Waals surface area (Å²) in [6.07, 6.45) is 3.43. The molecular weight excluding hydrogens is 214 g/mol. The molecule has 0 spiro atoms. The second-order valence-electron chi connectivity index (χ2n) is 3.79. The van der Waals surface area contributed by atoms with Gasteiger partial charge in [0.2, 0.25) is 5.95 Å². The van der Waals surface area contributed by atoms with Crippen molar-refractivity contribution < 1.29 is 0 Å². The predicted octanol–water partition coefficient (Wildman–Crippen LogP) is 1.46. The van der Waals surface area contributed by atoms with Crippen LogP contribution in [0.1, 0.15) is 5.56 Å². The lowest BCUT2D eigenvalue weighted by atomic mass is 10.1. The zero-order valence-electron chi connectivity index (χ0n) is 9.11. The fraction of sp³-hybridized carbons (Fsp3) is 0.0833. The van der Waals surface area contributed by atoms with E-state index in [1.54, 1.807) is 17.2 Å². The van der Waals surface area contributed by atoms with Crippen LogP contribution in [-0.4, -0.2) is 19.7 Å². The van der Waals surface area contributed by atoms with Crippen LogP contribution in [-0.2, 0) is 6.54 Å². The summed E-state index contributed by atoms with van der Waals surface area (Å²) >= 11 is 0. The Hall–Kier alpha value is -2.43. The number of benzene rings is 1. The average molecular weight is 225 g/mol. The molecule has 84 valence electrons. The maximum absolute atomic E-state index is 5.49. The molecule has 0 aliphatic heterocycles. The summed E-state index contributed by atoms with van der Waals surface area (Å²) in [5, 5.41) is 5.20. The summed E-state index contributed by atoms with van der Waals surface area (Å²) in [6, 6.07) is 10.0. The monoisotopic (exact) mass is 225 g/mol. The molecule has 3 rings (SSSR count). The molecule has 0 unspecified atom stereocenters. The largest absolute Gasteiger partial charge is 0.367 e. The van der Waals surface area contributed by atoms with Gasteiger partial charge in [-0.25, -0.2) is 9.67 Å². The molecule has 0 saturated carbocycles. The first-order valence-corrected chi connectivity index (χ1v) is 5.30.